The first-order valence-electron chi connectivity index (χ1n) is 8.56. The molecule has 7 nitrogen and oxygen atoms in total. The third-order valence-corrected chi connectivity index (χ3v) is 4.60. The Bertz CT molecular complexity index is 627. The fourth-order valence-electron chi connectivity index (χ4n) is 2.97. The van der Waals surface area contributed by atoms with Crippen molar-refractivity contribution in [2.75, 3.05) is 46.3 Å². The van der Waals surface area contributed by atoms with Crippen LogP contribution in [0.2, 0.25) is 0 Å². The van der Waals surface area contributed by atoms with Crippen LogP contribution in [0.4, 0.5) is 5.69 Å². The van der Waals surface area contributed by atoms with E-state index in [1.807, 2.05) is 11.8 Å². The highest BCUT2D eigenvalue weighted by atomic mass is 32.1. The van der Waals surface area contributed by atoms with Gasteiger partial charge in [-0.05, 0) is 32.0 Å². The van der Waals surface area contributed by atoms with Crippen molar-refractivity contribution >= 4 is 29.0 Å². The number of thiocarbonyl (C=S) groups is 1. The van der Waals surface area contributed by atoms with Crippen molar-refractivity contribution in [3.05, 3.63) is 12.1 Å². The summed E-state index contributed by atoms with van der Waals surface area (Å²) in [7, 11) is 4.68. The third-order valence-electron chi connectivity index (χ3n) is 4.24. The Hall–Kier alpha value is -2.22. The summed E-state index contributed by atoms with van der Waals surface area (Å²) in [5, 5.41) is 3.74. The smallest absolute Gasteiger partial charge is 0.310 e. The summed E-state index contributed by atoms with van der Waals surface area (Å²) >= 11 is 5.53. The lowest BCUT2D eigenvalue weighted by atomic mass is 9.98. The van der Waals surface area contributed by atoms with Crippen molar-refractivity contribution in [2.45, 2.75) is 19.8 Å². The number of hydrogen-bond acceptors (Lipinski definition) is 6. The van der Waals surface area contributed by atoms with Crippen LogP contribution in [-0.2, 0) is 9.53 Å². The van der Waals surface area contributed by atoms with Crippen molar-refractivity contribution in [1.29, 1.82) is 0 Å². The first kappa shape index (κ1) is 20.1. The fraction of sp³-hybridized carbons (Fsp3) is 0.556. The summed E-state index contributed by atoms with van der Waals surface area (Å²) in [4.78, 5) is 14.0. The van der Waals surface area contributed by atoms with E-state index < -0.39 is 0 Å². The van der Waals surface area contributed by atoms with Crippen LogP contribution < -0.4 is 19.5 Å². The number of benzene rings is 1. The highest BCUT2D eigenvalue weighted by Gasteiger charge is 2.28. The fourth-order valence-corrected chi connectivity index (χ4v) is 3.25. The van der Waals surface area contributed by atoms with Crippen LogP contribution in [0.5, 0.6) is 17.2 Å². The van der Waals surface area contributed by atoms with Gasteiger partial charge < -0.3 is 29.2 Å². The van der Waals surface area contributed by atoms with E-state index in [4.69, 9.17) is 31.2 Å². The van der Waals surface area contributed by atoms with Gasteiger partial charge in [0.25, 0.3) is 0 Å². The second-order valence-electron chi connectivity index (χ2n) is 5.88. The number of carbonyl (C=O) groups is 1. The average Bonchev–Trinajstić information content (AvgIpc) is 2.67. The van der Waals surface area contributed by atoms with Crippen LogP contribution in [0.15, 0.2) is 12.1 Å². The molecule has 0 amide bonds. The van der Waals surface area contributed by atoms with Crippen LogP contribution in [0, 0.1) is 5.92 Å². The quantitative estimate of drug-likeness (QED) is 0.595. The van der Waals surface area contributed by atoms with Gasteiger partial charge >= 0.3 is 5.97 Å². The number of rotatable bonds is 6. The maximum Gasteiger partial charge on any atom is 0.310 e. The highest BCUT2D eigenvalue weighted by molar-refractivity contribution is 7.80. The van der Waals surface area contributed by atoms with E-state index in [9.17, 15) is 4.79 Å². The van der Waals surface area contributed by atoms with Crippen LogP contribution in [0.25, 0.3) is 0 Å². The maximum atomic E-state index is 12.0. The summed E-state index contributed by atoms with van der Waals surface area (Å²) in [6.45, 7) is 3.56. The highest BCUT2D eigenvalue weighted by Crippen LogP contribution is 2.40. The average molecular weight is 382 g/mol. The molecule has 1 aromatic carbocycles. The summed E-state index contributed by atoms with van der Waals surface area (Å²) in [6, 6.07) is 3.58. The number of ether oxygens (including phenoxy) is 4. The lowest BCUT2D eigenvalue weighted by Gasteiger charge is -2.33. The molecule has 1 aromatic rings. The molecule has 1 aliphatic rings. The van der Waals surface area contributed by atoms with Crippen molar-refractivity contribution in [1.82, 2.24) is 4.90 Å². The minimum atomic E-state index is -0.159. The molecule has 8 heteroatoms. The second kappa shape index (κ2) is 9.47. The molecular weight excluding hydrogens is 356 g/mol. The van der Waals surface area contributed by atoms with Gasteiger partial charge in [0.15, 0.2) is 16.6 Å². The number of likely N-dealkylation sites (tertiary alicyclic amines) is 1. The maximum absolute atomic E-state index is 12.0. The molecule has 2 rings (SSSR count). The van der Waals surface area contributed by atoms with E-state index in [-0.39, 0.29) is 11.9 Å². The summed E-state index contributed by atoms with van der Waals surface area (Å²) in [5.41, 5.74) is 0.725. The number of piperidine rings is 1. The lowest BCUT2D eigenvalue weighted by molar-refractivity contribution is -0.149. The molecule has 1 fully saturated rings. The molecule has 0 spiro atoms. The first-order chi connectivity index (χ1) is 12.5. The molecule has 0 aliphatic carbocycles. The van der Waals surface area contributed by atoms with Gasteiger partial charge in [-0.25, -0.2) is 0 Å². The van der Waals surface area contributed by atoms with Gasteiger partial charge in [0, 0.05) is 30.9 Å². The van der Waals surface area contributed by atoms with Crippen molar-refractivity contribution in [3.63, 3.8) is 0 Å². The van der Waals surface area contributed by atoms with E-state index in [1.54, 1.807) is 33.5 Å². The molecule has 0 radical (unpaired) electrons. The van der Waals surface area contributed by atoms with Crippen molar-refractivity contribution < 1.29 is 23.7 Å². The normalized spacial score (nSPS) is 16.6. The van der Waals surface area contributed by atoms with Crippen molar-refractivity contribution in [3.8, 4) is 17.2 Å². The van der Waals surface area contributed by atoms with E-state index in [0.29, 0.717) is 35.5 Å². The number of anilines is 1. The zero-order valence-corrected chi connectivity index (χ0v) is 16.5. The Kier molecular flexibility index (Phi) is 7.32. The summed E-state index contributed by atoms with van der Waals surface area (Å²) in [6.07, 6.45) is 1.71. The summed E-state index contributed by atoms with van der Waals surface area (Å²) in [5.74, 6) is 1.29. The molecule has 1 N–H and O–H groups in total. The molecule has 0 saturated carbocycles. The van der Waals surface area contributed by atoms with Gasteiger partial charge in [0.2, 0.25) is 5.75 Å². The minimum Gasteiger partial charge on any atom is -0.493 e. The van der Waals surface area contributed by atoms with Gasteiger partial charge in [-0.15, -0.1) is 0 Å². The standard InChI is InChI=1S/C18H26N2O5S/c1-5-25-17(21)12-7-6-8-20(11-12)18(26)19-13-9-14(22-2)16(24-4)15(10-13)23-3/h9-10,12H,5-8,11H2,1-4H3,(H,19,26). The molecule has 26 heavy (non-hydrogen) atoms. The van der Waals surface area contributed by atoms with Crippen LogP contribution in [0.1, 0.15) is 19.8 Å². The third kappa shape index (κ3) is 4.69. The number of carbonyl (C=O) groups excluding carboxylic acids is 1. The van der Waals surface area contributed by atoms with E-state index in [0.717, 1.165) is 25.1 Å². The molecule has 0 aromatic heterocycles. The van der Waals surface area contributed by atoms with Crippen LogP contribution in [-0.4, -0.2) is 57.0 Å². The monoisotopic (exact) mass is 382 g/mol. The Balaban J connectivity index is 2.10. The van der Waals surface area contributed by atoms with E-state index in [2.05, 4.69) is 5.32 Å². The number of nitrogens with one attached hydrogen (secondary N) is 1. The Morgan fingerprint density at radius 3 is 2.42 bits per heavy atom. The predicted molar refractivity (Wildman–Crippen MR) is 103 cm³/mol. The molecule has 144 valence electrons. The molecule has 1 unspecified atom stereocenters. The Morgan fingerprint density at radius 1 is 1.23 bits per heavy atom. The van der Waals surface area contributed by atoms with Gasteiger partial charge in [-0.3, -0.25) is 4.79 Å². The minimum absolute atomic E-state index is 0.150. The van der Waals surface area contributed by atoms with Gasteiger partial charge in [-0.2, -0.15) is 0 Å². The van der Waals surface area contributed by atoms with E-state index >= 15 is 0 Å². The topological polar surface area (TPSA) is 69.3 Å². The molecule has 1 heterocycles. The number of hydrogen-bond donors (Lipinski definition) is 1. The Morgan fingerprint density at radius 2 is 1.88 bits per heavy atom. The molecule has 1 atom stereocenters. The molecule has 1 aliphatic heterocycles. The zero-order valence-electron chi connectivity index (χ0n) is 15.7. The Labute approximate surface area is 159 Å². The predicted octanol–water partition coefficient (Wildman–Crippen LogP) is 2.68. The molecule has 1 saturated heterocycles. The van der Waals surface area contributed by atoms with Gasteiger partial charge in [0.05, 0.1) is 33.9 Å². The zero-order chi connectivity index (χ0) is 19.1. The number of methoxy groups -OCH3 is 3. The van der Waals surface area contributed by atoms with Crippen LogP contribution >= 0.6 is 12.2 Å². The number of esters is 1. The number of nitrogens with zero attached hydrogens (tertiary/aromatic N) is 1. The van der Waals surface area contributed by atoms with Gasteiger partial charge in [0.1, 0.15) is 0 Å². The van der Waals surface area contributed by atoms with Gasteiger partial charge in [-0.1, -0.05) is 0 Å². The molecule has 0 bridgehead atoms. The lowest BCUT2D eigenvalue weighted by Crippen LogP contribution is -2.44. The van der Waals surface area contributed by atoms with Crippen molar-refractivity contribution in [2.24, 2.45) is 5.92 Å². The van der Waals surface area contributed by atoms with E-state index in [1.165, 1.54) is 0 Å². The van der Waals surface area contributed by atoms with Crippen LogP contribution in [0.3, 0.4) is 0 Å². The summed E-state index contributed by atoms with van der Waals surface area (Å²) < 4.78 is 21.2. The second-order valence-corrected chi connectivity index (χ2v) is 6.27. The first-order valence-corrected chi connectivity index (χ1v) is 8.97. The SMILES string of the molecule is CCOC(=O)C1CCCN(C(=S)Nc2cc(OC)c(OC)c(OC)c2)C1. The largest absolute Gasteiger partial charge is 0.493 e. The molecular formula is C18H26N2O5S.